The summed E-state index contributed by atoms with van der Waals surface area (Å²) in [6.45, 7) is 33.1. The molecule has 0 bridgehead atoms. The lowest BCUT2D eigenvalue weighted by atomic mass is 9.80. The molecule has 0 amide bonds. The van der Waals surface area contributed by atoms with Gasteiger partial charge in [0.15, 0.2) is 0 Å². The van der Waals surface area contributed by atoms with Crippen LogP contribution in [0.4, 0.5) is 34.1 Å². The SMILES string of the molecule is CCCCCCCc1ccc(N(c2ccc(-c3c(C)cc(-c4ccc5c(c4)C(C)(C)c4cc(-c6ccc7c(c6)C(C)(C)c6ccccc6-7)ccc4-5)cc3C)cc2)c2c3ccccc3c(N(c3ccc(CCCCCCC)cc3)c3ccc(-c4c(C)cc(-c5ccc6c(c5)C(C)(C)c5cc(-c7ccc8c(c7)C(C)(C)c7ccccc7-8)ccc5-6)cc4C)cc3)c3ccccc23)cc1. The van der Waals surface area contributed by atoms with Gasteiger partial charge < -0.3 is 9.80 Å². The average molecular weight is 1690 g/mol. The summed E-state index contributed by atoms with van der Waals surface area (Å²) in [7, 11) is 0. The number of fused-ring (bicyclic) bond motifs is 14. The maximum atomic E-state index is 2.56. The Labute approximate surface area is 772 Å². The third-order valence-corrected chi connectivity index (χ3v) is 30.6. The van der Waals surface area contributed by atoms with Gasteiger partial charge >= 0.3 is 0 Å². The fourth-order valence-corrected chi connectivity index (χ4v) is 23.6. The van der Waals surface area contributed by atoms with Gasteiger partial charge in [-0.1, -0.05) is 363 Å². The second kappa shape index (κ2) is 33.1. The zero-order valence-electron chi connectivity index (χ0n) is 78.6. The van der Waals surface area contributed by atoms with E-state index < -0.39 is 0 Å². The van der Waals surface area contributed by atoms with Crippen molar-refractivity contribution in [2.45, 2.75) is 196 Å². The molecule has 4 aliphatic carbocycles. The molecule has 17 aromatic carbocycles. The van der Waals surface area contributed by atoms with E-state index in [1.54, 1.807) is 0 Å². The van der Waals surface area contributed by atoms with E-state index in [-0.39, 0.29) is 21.7 Å². The fraction of sp³-hybridized carbons (Fsp3) is 0.234. The monoisotopic (exact) mass is 1680 g/mol. The molecule has 0 aliphatic heterocycles. The topological polar surface area (TPSA) is 6.48 Å². The van der Waals surface area contributed by atoms with Crippen LogP contribution in [0, 0.1) is 27.7 Å². The van der Waals surface area contributed by atoms with E-state index in [0.717, 1.165) is 47.0 Å². The highest BCUT2D eigenvalue weighted by molar-refractivity contribution is 6.23. The van der Waals surface area contributed by atoms with Gasteiger partial charge in [0.05, 0.1) is 11.4 Å². The van der Waals surface area contributed by atoms with Crippen LogP contribution in [-0.2, 0) is 34.5 Å². The molecule has 0 fully saturated rings. The molecule has 0 radical (unpaired) electrons. The summed E-state index contributed by atoms with van der Waals surface area (Å²) >= 11 is 0. The zero-order chi connectivity index (χ0) is 89.2. The number of aryl methyl sites for hydroxylation is 6. The molecule has 2 heteroatoms. The van der Waals surface area contributed by atoms with Crippen LogP contribution in [0.15, 0.2) is 328 Å². The molecule has 130 heavy (non-hydrogen) atoms. The number of nitrogens with zero attached hydrogens (tertiary/aromatic N) is 2. The first-order valence-electron chi connectivity index (χ1n) is 48.3. The first-order chi connectivity index (χ1) is 63.0. The number of anilines is 6. The van der Waals surface area contributed by atoms with Crippen LogP contribution in [-0.4, -0.2) is 0 Å². The third-order valence-electron chi connectivity index (χ3n) is 30.6. The molecule has 21 rings (SSSR count). The minimum atomic E-state index is -0.188. The normalized spacial score (nSPS) is 14.1. The number of hydrogen-bond donors (Lipinski definition) is 0. The van der Waals surface area contributed by atoms with E-state index in [1.165, 1.54) is 275 Å². The van der Waals surface area contributed by atoms with Gasteiger partial charge in [0.1, 0.15) is 0 Å². The van der Waals surface area contributed by atoms with E-state index in [0.29, 0.717) is 0 Å². The molecule has 0 atom stereocenters. The maximum absolute atomic E-state index is 2.56. The van der Waals surface area contributed by atoms with Gasteiger partial charge in [0.25, 0.3) is 0 Å². The summed E-state index contributed by atoms with van der Waals surface area (Å²) in [4.78, 5) is 5.12. The molecule has 0 aromatic heterocycles. The summed E-state index contributed by atoms with van der Waals surface area (Å²) in [5, 5.41) is 4.73. The fourth-order valence-electron chi connectivity index (χ4n) is 23.6. The Balaban J connectivity index is 0.606. The van der Waals surface area contributed by atoms with Crippen molar-refractivity contribution in [3.05, 3.63) is 405 Å². The molecular weight excluding hydrogens is 1570 g/mol. The van der Waals surface area contributed by atoms with Gasteiger partial charge in [-0.15, -0.1) is 0 Å². The molecule has 17 aromatic rings. The van der Waals surface area contributed by atoms with Crippen molar-refractivity contribution >= 4 is 55.7 Å². The predicted molar refractivity (Wildman–Crippen MR) is 558 cm³/mol. The Bertz CT molecular complexity index is 6780. The molecule has 0 saturated carbocycles. The number of unbranched alkanes of at least 4 members (excludes halogenated alkanes) is 8. The van der Waals surface area contributed by atoms with Crippen LogP contribution in [0.5, 0.6) is 0 Å². The van der Waals surface area contributed by atoms with Crippen LogP contribution in [0.2, 0.25) is 0 Å². The Morgan fingerprint density at radius 3 is 0.700 bits per heavy atom. The van der Waals surface area contributed by atoms with Crippen molar-refractivity contribution < 1.29 is 0 Å². The highest BCUT2D eigenvalue weighted by atomic mass is 15.2. The quantitative estimate of drug-likeness (QED) is 0.0338. The Kier molecular flexibility index (Phi) is 21.3. The van der Waals surface area contributed by atoms with Crippen molar-refractivity contribution in [3.8, 4) is 111 Å². The largest absolute Gasteiger partial charge is 0.309 e. The minimum Gasteiger partial charge on any atom is -0.309 e. The lowest BCUT2D eigenvalue weighted by Gasteiger charge is -2.33. The van der Waals surface area contributed by atoms with Gasteiger partial charge in [0.2, 0.25) is 0 Å². The van der Waals surface area contributed by atoms with Crippen LogP contribution in [0.25, 0.3) is 133 Å². The van der Waals surface area contributed by atoms with Gasteiger partial charge in [0, 0.05) is 66.0 Å². The molecule has 0 heterocycles. The molecule has 0 unspecified atom stereocenters. The standard InChI is InChI=1S/C128H120N2/c1-15-17-19-21-23-33-85-43-57-97(58-44-85)129(99-61-47-87(48-62-99)121-81(3)71-95(72-82(121)4)93-55-69-107-105-67-53-91(77-117(105)127(11,12)119(107)79-93)89-51-65-103-101-35-29-31-41-113(101)125(7,8)115(103)75-89)123-109-37-25-27-39-111(109)124(112-40-28-26-38-110(112)123)130(98-59-45-86(46-60-98)34-24-22-20-18-16-2)100-63-49-88(50-64-100)122-83(5)73-96(74-84(122)6)94-56-70-108-106-68-54-92(78-118(106)128(13,14)120(108)80-94)90-52-66-104-102-36-30-32-42-114(102)126(9,10)116(104)76-90/h25-32,35-80H,15-24,33-34H2,1-14H3. The maximum Gasteiger partial charge on any atom is 0.0619 e. The second-order valence-corrected chi connectivity index (χ2v) is 40.3. The first-order valence-corrected chi connectivity index (χ1v) is 48.3. The van der Waals surface area contributed by atoms with Gasteiger partial charge in [-0.2, -0.15) is 0 Å². The molecule has 0 spiro atoms. The molecule has 2 nitrogen and oxygen atoms in total. The third kappa shape index (κ3) is 14.3. The predicted octanol–water partition coefficient (Wildman–Crippen LogP) is 36.4. The van der Waals surface area contributed by atoms with E-state index in [4.69, 9.17) is 0 Å². The van der Waals surface area contributed by atoms with Crippen molar-refractivity contribution in [2.75, 3.05) is 9.80 Å². The van der Waals surface area contributed by atoms with Crippen LogP contribution >= 0.6 is 0 Å². The van der Waals surface area contributed by atoms with Crippen LogP contribution in [0.3, 0.4) is 0 Å². The van der Waals surface area contributed by atoms with Crippen molar-refractivity contribution in [1.82, 2.24) is 0 Å². The summed E-state index contributed by atoms with van der Waals surface area (Å²) in [5.41, 5.74) is 51.2. The molecule has 4 aliphatic rings. The highest BCUT2D eigenvalue weighted by Gasteiger charge is 2.41. The molecule has 642 valence electrons. The average Bonchev–Trinajstić information content (AvgIpc) is 1.25. The molecule has 0 saturated heterocycles. The van der Waals surface area contributed by atoms with E-state index in [2.05, 4.69) is 434 Å². The lowest BCUT2D eigenvalue weighted by Crippen LogP contribution is -2.15. The van der Waals surface area contributed by atoms with Crippen molar-refractivity contribution in [1.29, 1.82) is 0 Å². The van der Waals surface area contributed by atoms with Crippen molar-refractivity contribution in [2.24, 2.45) is 0 Å². The molecular formula is C128H120N2. The Morgan fingerprint density at radius 1 is 0.200 bits per heavy atom. The minimum absolute atomic E-state index is 0.0548. The Hall–Kier alpha value is -13.1. The summed E-state index contributed by atoms with van der Waals surface area (Å²) in [6, 6.07) is 127. The zero-order valence-corrected chi connectivity index (χ0v) is 78.6. The summed E-state index contributed by atoms with van der Waals surface area (Å²) < 4.78 is 0. The van der Waals surface area contributed by atoms with Gasteiger partial charge in [-0.3, -0.25) is 0 Å². The van der Waals surface area contributed by atoms with Crippen LogP contribution in [0.1, 0.15) is 211 Å². The van der Waals surface area contributed by atoms with Crippen molar-refractivity contribution in [3.63, 3.8) is 0 Å². The highest BCUT2D eigenvalue weighted by Crippen LogP contribution is 2.58. The molecule has 0 N–H and O–H groups in total. The number of hydrogen-bond acceptors (Lipinski definition) is 2. The van der Waals surface area contributed by atoms with Gasteiger partial charge in [-0.05, 0) is 327 Å². The van der Waals surface area contributed by atoms with E-state index in [9.17, 15) is 0 Å². The van der Waals surface area contributed by atoms with Crippen LogP contribution < -0.4 is 9.80 Å². The van der Waals surface area contributed by atoms with E-state index >= 15 is 0 Å². The smallest absolute Gasteiger partial charge is 0.0619 e. The first kappa shape index (κ1) is 83.7. The number of benzene rings is 17. The summed E-state index contributed by atoms with van der Waals surface area (Å²) in [6.07, 6.45) is 14.7. The van der Waals surface area contributed by atoms with Gasteiger partial charge in [-0.25, -0.2) is 0 Å². The second-order valence-electron chi connectivity index (χ2n) is 40.3. The summed E-state index contributed by atoms with van der Waals surface area (Å²) in [5.74, 6) is 0. The Morgan fingerprint density at radius 2 is 0.423 bits per heavy atom. The lowest BCUT2D eigenvalue weighted by molar-refractivity contribution is 0.632. The number of rotatable bonds is 24. The van der Waals surface area contributed by atoms with E-state index in [1.807, 2.05) is 0 Å².